The molecule has 2 rings (SSSR count). The van der Waals surface area contributed by atoms with Crippen molar-refractivity contribution in [2.24, 2.45) is 0 Å². The maximum Gasteiger partial charge on any atom is 0.115 e. The normalized spacial score (nSPS) is 22.1. The first-order valence-corrected chi connectivity index (χ1v) is 5.06. The molecule has 3 nitrogen and oxygen atoms in total. The number of benzene rings is 1. The van der Waals surface area contributed by atoms with Crippen LogP contribution < -0.4 is 10.6 Å². The van der Waals surface area contributed by atoms with Crippen molar-refractivity contribution in [2.75, 3.05) is 19.6 Å². The summed E-state index contributed by atoms with van der Waals surface area (Å²) in [5, 5.41) is 15.9. The highest BCUT2D eigenvalue weighted by molar-refractivity contribution is 5.26. The Morgan fingerprint density at radius 3 is 2.64 bits per heavy atom. The van der Waals surface area contributed by atoms with Crippen molar-refractivity contribution in [2.45, 2.75) is 12.5 Å². The lowest BCUT2D eigenvalue weighted by molar-refractivity contribution is 0.416. The van der Waals surface area contributed by atoms with Gasteiger partial charge < -0.3 is 15.7 Å². The van der Waals surface area contributed by atoms with Gasteiger partial charge in [0.25, 0.3) is 0 Å². The molecule has 1 aromatic carbocycles. The van der Waals surface area contributed by atoms with E-state index in [1.54, 1.807) is 12.1 Å². The van der Waals surface area contributed by atoms with Gasteiger partial charge in [0, 0.05) is 25.7 Å². The Bertz CT molecular complexity index is 278. The average molecular weight is 192 g/mol. The summed E-state index contributed by atoms with van der Waals surface area (Å²) in [6.07, 6.45) is 1.02. The molecule has 1 aliphatic rings. The number of piperazine rings is 1. The molecule has 3 N–H and O–H groups in total. The van der Waals surface area contributed by atoms with Crippen LogP contribution in [0.5, 0.6) is 5.75 Å². The number of hydrogen-bond acceptors (Lipinski definition) is 3. The molecule has 0 aliphatic carbocycles. The van der Waals surface area contributed by atoms with Gasteiger partial charge >= 0.3 is 0 Å². The summed E-state index contributed by atoms with van der Waals surface area (Å²) in [6, 6.07) is 7.96. The lowest BCUT2D eigenvalue weighted by Crippen LogP contribution is -2.49. The van der Waals surface area contributed by atoms with E-state index in [-0.39, 0.29) is 0 Å². The van der Waals surface area contributed by atoms with Gasteiger partial charge in [0.15, 0.2) is 0 Å². The summed E-state index contributed by atoms with van der Waals surface area (Å²) >= 11 is 0. The number of hydrogen-bond donors (Lipinski definition) is 3. The van der Waals surface area contributed by atoms with Gasteiger partial charge in [-0.1, -0.05) is 12.1 Å². The fourth-order valence-electron chi connectivity index (χ4n) is 1.77. The Hall–Kier alpha value is -1.06. The standard InChI is InChI=1S/C11H16N2O/c14-11-3-1-9(2-4-11)7-10-8-12-5-6-13-10/h1-4,10,12-14H,5-8H2/t10-/m0/s1. The van der Waals surface area contributed by atoms with Crippen molar-refractivity contribution in [1.29, 1.82) is 0 Å². The largest absolute Gasteiger partial charge is 0.508 e. The van der Waals surface area contributed by atoms with Crippen molar-refractivity contribution in [3.05, 3.63) is 29.8 Å². The van der Waals surface area contributed by atoms with E-state index in [2.05, 4.69) is 10.6 Å². The average Bonchev–Trinajstić information content (AvgIpc) is 2.23. The van der Waals surface area contributed by atoms with E-state index in [9.17, 15) is 0 Å². The molecule has 0 aromatic heterocycles. The van der Waals surface area contributed by atoms with Gasteiger partial charge in [0.2, 0.25) is 0 Å². The molecule has 1 saturated heterocycles. The second-order valence-electron chi connectivity index (χ2n) is 3.73. The Morgan fingerprint density at radius 2 is 2.00 bits per heavy atom. The van der Waals surface area contributed by atoms with Gasteiger partial charge in [-0.2, -0.15) is 0 Å². The summed E-state index contributed by atoms with van der Waals surface area (Å²) in [7, 11) is 0. The topological polar surface area (TPSA) is 44.3 Å². The first kappa shape index (κ1) is 9.49. The molecule has 1 fully saturated rings. The van der Waals surface area contributed by atoms with Gasteiger partial charge in [-0.05, 0) is 24.1 Å². The third-order valence-electron chi connectivity index (χ3n) is 2.54. The zero-order chi connectivity index (χ0) is 9.80. The van der Waals surface area contributed by atoms with Crippen LogP contribution in [0, 0.1) is 0 Å². The molecule has 0 saturated carbocycles. The summed E-state index contributed by atoms with van der Waals surface area (Å²) in [6.45, 7) is 3.13. The molecule has 3 heteroatoms. The molecule has 1 aliphatic heterocycles. The highest BCUT2D eigenvalue weighted by Gasteiger charge is 2.11. The summed E-state index contributed by atoms with van der Waals surface area (Å²) in [5.74, 6) is 0.337. The van der Waals surface area contributed by atoms with E-state index >= 15 is 0 Å². The Kier molecular flexibility index (Phi) is 3.01. The fourth-order valence-corrected chi connectivity index (χ4v) is 1.77. The fraction of sp³-hybridized carbons (Fsp3) is 0.455. The van der Waals surface area contributed by atoms with Crippen molar-refractivity contribution < 1.29 is 5.11 Å². The number of phenolic OH excluding ortho intramolecular Hbond substituents is 1. The molecular weight excluding hydrogens is 176 g/mol. The van der Waals surface area contributed by atoms with E-state index in [1.165, 1.54) is 5.56 Å². The van der Waals surface area contributed by atoms with Crippen LogP contribution in [0.2, 0.25) is 0 Å². The number of phenols is 1. The zero-order valence-electron chi connectivity index (χ0n) is 8.16. The summed E-state index contributed by atoms with van der Waals surface area (Å²) in [5.41, 5.74) is 1.27. The predicted octanol–water partition coefficient (Wildman–Crippen LogP) is 0.496. The van der Waals surface area contributed by atoms with Crippen molar-refractivity contribution in [3.8, 4) is 5.75 Å². The van der Waals surface area contributed by atoms with Crippen LogP contribution >= 0.6 is 0 Å². The van der Waals surface area contributed by atoms with Crippen LogP contribution in [0.15, 0.2) is 24.3 Å². The quantitative estimate of drug-likeness (QED) is 0.639. The van der Waals surface area contributed by atoms with Gasteiger partial charge in [-0.25, -0.2) is 0 Å². The third kappa shape index (κ3) is 2.47. The van der Waals surface area contributed by atoms with Crippen LogP contribution in [0.1, 0.15) is 5.56 Å². The molecule has 0 amide bonds. The van der Waals surface area contributed by atoms with E-state index < -0.39 is 0 Å². The maximum absolute atomic E-state index is 9.13. The van der Waals surface area contributed by atoms with Crippen LogP contribution in [0.4, 0.5) is 0 Å². The van der Waals surface area contributed by atoms with E-state index in [4.69, 9.17) is 5.11 Å². The van der Waals surface area contributed by atoms with Crippen LogP contribution in [-0.4, -0.2) is 30.8 Å². The van der Waals surface area contributed by atoms with Crippen LogP contribution in [-0.2, 0) is 6.42 Å². The van der Waals surface area contributed by atoms with E-state index in [1.807, 2.05) is 12.1 Å². The van der Waals surface area contributed by atoms with E-state index in [0.717, 1.165) is 26.1 Å². The van der Waals surface area contributed by atoms with Gasteiger partial charge in [-0.15, -0.1) is 0 Å². The minimum absolute atomic E-state index is 0.337. The molecule has 1 aromatic rings. The first-order chi connectivity index (χ1) is 6.84. The molecule has 1 heterocycles. The number of aromatic hydroxyl groups is 1. The molecule has 0 bridgehead atoms. The molecule has 76 valence electrons. The van der Waals surface area contributed by atoms with Crippen LogP contribution in [0.3, 0.4) is 0 Å². The summed E-state index contributed by atoms with van der Waals surface area (Å²) in [4.78, 5) is 0. The van der Waals surface area contributed by atoms with Gasteiger partial charge in [-0.3, -0.25) is 0 Å². The second kappa shape index (κ2) is 4.44. The smallest absolute Gasteiger partial charge is 0.115 e. The molecular formula is C11H16N2O. The van der Waals surface area contributed by atoms with Crippen LogP contribution in [0.25, 0.3) is 0 Å². The van der Waals surface area contributed by atoms with Gasteiger partial charge in [0.05, 0.1) is 0 Å². The van der Waals surface area contributed by atoms with Crippen molar-refractivity contribution in [3.63, 3.8) is 0 Å². The lowest BCUT2D eigenvalue weighted by atomic mass is 10.0. The lowest BCUT2D eigenvalue weighted by Gasteiger charge is -2.24. The van der Waals surface area contributed by atoms with Crippen molar-refractivity contribution in [1.82, 2.24) is 10.6 Å². The Balaban J connectivity index is 1.92. The highest BCUT2D eigenvalue weighted by Crippen LogP contribution is 2.11. The minimum atomic E-state index is 0.337. The Morgan fingerprint density at radius 1 is 1.21 bits per heavy atom. The zero-order valence-corrected chi connectivity index (χ0v) is 8.16. The monoisotopic (exact) mass is 192 g/mol. The maximum atomic E-state index is 9.13. The Labute approximate surface area is 84.1 Å². The minimum Gasteiger partial charge on any atom is -0.508 e. The first-order valence-electron chi connectivity index (χ1n) is 5.06. The number of nitrogens with one attached hydrogen (secondary N) is 2. The van der Waals surface area contributed by atoms with Gasteiger partial charge in [0.1, 0.15) is 5.75 Å². The SMILES string of the molecule is Oc1ccc(C[C@H]2CNCCN2)cc1. The number of rotatable bonds is 2. The molecule has 0 spiro atoms. The second-order valence-corrected chi connectivity index (χ2v) is 3.73. The molecule has 0 unspecified atom stereocenters. The summed E-state index contributed by atoms with van der Waals surface area (Å²) < 4.78 is 0. The molecule has 1 atom stereocenters. The van der Waals surface area contributed by atoms with E-state index in [0.29, 0.717) is 11.8 Å². The molecule has 14 heavy (non-hydrogen) atoms. The van der Waals surface area contributed by atoms with Crippen molar-refractivity contribution >= 4 is 0 Å². The molecule has 0 radical (unpaired) electrons. The highest BCUT2D eigenvalue weighted by atomic mass is 16.3. The third-order valence-corrected chi connectivity index (χ3v) is 2.54. The predicted molar refractivity (Wildman–Crippen MR) is 56.5 cm³/mol.